The lowest BCUT2D eigenvalue weighted by Gasteiger charge is -2.14. The van der Waals surface area contributed by atoms with Gasteiger partial charge in [-0.2, -0.15) is 0 Å². The summed E-state index contributed by atoms with van der Waals surface area (Å²) >= 11 is 1.67. The van der Waals surface area contributed by atoms with Crippen molar-refractivity contribution < 1.29 is 5.11 Å². The molecule has 0 spiro atoms. The summed E-state index contributed by atoms with van der Waals surface area (Å²) in [6.07, 6.45) is 3.64. The second-order valence-corrected chi connectivity index (χ2v) is 6.01. The van der Waals surface area contributed by atoms with Gasteiger partial charge in [0.2, 0.25) is 0 Å². The van der Waals surface area contributed by atoms with Crippen molar-refractivity contribution in [2.75, 3.05) is 5.32 Å². The Labute approximate surface area is 121 Å². The molecule has 3 aromatic rings. The SMILES string of the molecule is Cc1cnc(C(C)Nc2nccc3ccc(O)cc23)s1. The molecule has 0 fully saturated rings. The number of benzene rings is 1. The number of phenols is 1. The van der Waals surface area contributed by atoms with Crippen LogP contribution in [0.4, 0.5) is 5.82 Å². The molecule has 102 valence electrons. The number of aromatic hydroxyl groups is 1. The lowest BCUT2D eigenvalue weighted by molar-refractivity contribution is 0.476. The fraction of sp³-hybridized carbons (Fsp3) is 0.200. The van der Waals surface area contributed by atoms with Crippen LogP contribution < -0.4 is 5.32 Å². The molecular weight excluding hydrogens is 270 g/mol. The molecule has 0 amide bonds. The molecular formula is C15H15N3OS. The van der Waals surface area contributed by atoms with Gasteiger partial charge in [-0.05, 0) is 37.4 Å². The van der Waals surface area contributed by atoms with Gasteiger partial charge in [0.05, 0.1) is 6.04 Å². The molecule has 3 rings (SSSR count). The van der Waals surface area contributed by atoms with Gasteiger partial charge in [0, 0.05) is 22.7 Å². The zero-order valence-electron chi connectivity index (χ0n) is 11.3. The smallest absolute Gasteiger partial charge is 0.134 e. The van der Waals surface area contributed by atoms with Crippen LogP contribution >= 0.6 is 11.3 Å². The molecule has 20 heavy (non-hydrogen) atoms. The van der Waals surface area contributed by atoms with Gasteiger partial charge >= 0.3 is 0 Å². The molecule has 1 unspecified atom stereocenters. The zero-order valence-corrected chi connectivity index (χ0v) is 12.1. The van der Waals surface area contributed by atoms with E-state index in [0.717, 1.165) is 21.6 Å². The van der Waals surface area contributed by atoms with E-state index in [4.69, 9.17) is 0 Å². The Morgan fingerprint density at radius 2 is 2.10 bits per heavy atom. The second kappa shape index (κ2) is 5.09. The maximum Gasteiger partial charge on any atom is 0.134 e. The molecule has 2 heterocycles. The number of aromatic nitrogens is 2. The molecule has 2 N–H and O–H groups in total. The molecule has 4 nitrogen and oxygen atoms in total. The first-order valence-electron chi connectivity index (χ1n) is 6.40. The van der Waals surface area contributed by atoms with E-state index in [1.54, 1.807) is 29.7 Å². The topological polar surface area (TPSA) is 58.0 Å². The Morgan fingerprint density at radius 1 is 1.25 bits per heavy atom. The highest BCUT2D eigenvalue weighted by atomic mass is 32.1. The molecule has 1 atom stereocenters. The number of fused-ring (bicyclic) bond motifs is 1. The van der Waals surface area contributed by atoms with Crippen molar-refractivity contribution in [1.29, 1.82) is 0 Å². The highest BCUT2D eigenvalue weighted by molar-refractivity contribution is 7.11. The maximum atomic E-state index is 9.64. The molecule has 2 aromatic heterocycles. The number of nitrogens with zero attached hydrogens (tertiary/aromatic N) is 2. The normalized spacial score (nSPS) is 12.5. The Kier molecular flexibility index (Phi) is 3.28. The van der Waals surface area contributed by atoms with E-state index in [9.17, 15) is 5.11 Å². The van der Waals surface area contributed by atoms with Crippen LogP contribution in [0.2, 0.25) is 0 Å². The fourth-order valence-electron chi connectivity index (χ4n) is 2.11. The van der Waals surface area contributed by atoms with Crippen LogP contribution in [0.3, 0.4) is 0 Å². The molecule has 0 bridgehead atoms. The van der Waals surface area contributed by atoms with Crippen LogP contribution in [0.15, 0.2) is 36.7 Å². The number of hydrogen-bond donors (Lipinski definition) is 2. The number of rotatable bonds is 3. The maximum absolute atomic E-state index is 9.64. The van der Waals surface area contributed by atoms with Crippen LogP contribution in [-0.2, 0) is 0 Å². The van der Waals surface area contributed by atoms with Crippen LogP contribution in [0.25, 0.3) is 10.8 Å². The predicted molar refractivity (Wildman–Crippen MR) is 82.3 cm³/mol. The third-order valence-electron chi connectivity index (χ3n) is 3.11. The number of phenolic OH excluding ortho intramolecular Hbond substituents is 1. The number of pyridine rings is 1. The van der Waals surface area contributed by atoms with Gasteiger partial charge in [-0.1, -0.05) is 6.07 Å². The van der Waals surface area contributed by atoms with E-state index in [1.807, 2.05) is 25.3 Å². The predicted octanol–water partition coefficient (Wildman–Crippen LogP) is 3.88. The van der Waals surface area contributed by atoms with Crippen molar-refractivity contribution in [2.45, 2.75) is 19.9 Å². The van der Waals surface area contributed by atoms with Gasteiger partial charge in [0.15, 0.2) is 0 Å². The summed E-state index contributed by atoms with van der Waals surface area (Å²) in [5, 5.41) is 16.0. The van der Waals surface area contributed by atoms with Crippen LogP contribution in [0, 0.1) is 6.92 Å². The third-order valence-corrected chi connectivity index (χ3v) is 4.21. The average molecular weight is 285 g/mol. The Morgan fingerprint density at radius 3 is 2.85 bits per heavy atom. The molecule has 0 aliphatic rings. The van der Waals surface area contributed by atoms with E-state index >= 15 is 0 Å². The number of hydrogen-bond acceptors (Lipinski definition) is 5. The minimum Gasteiger partial charge on any atom is -0.508 e. The minimum absolute atomic E-state index is 0.0779. The van der Waals surface area contributed by atoms with E-state index in [2.05, 4.69) is 22.2 Å². The van der Waals surface area contributed by atoms with Crippen molar-refractivity contribution in [3.63, 3.8) is 0 Å². The highest BCUT2D eigenvalue weighted by Gasteiger charge is 2.12. The van der Waals surface area contributed by atoms with Crippen molar-refractivity contribution in [2.24, 2.45) is 0 Å². The summed E-state index contributed by atoms with van der Waals surface area (Å²) in [5.74, 6) is 1.00. The standard InChI is InChI=1S/C15H15N3OS/c1-9-8-17-15(20-9)10(2)18-14-13-7-12(19)4-3-11(13)5-6-16-14/h3-8,10,19H,1-2H3,(H,16,18). The van der Waals surface area contributed by atoms with Crippen molar-refractivity contribution in [3.05, 3.63) is 46.5 Å². The molecule has 1 aromatic carbocycles. The molecule has 0 saturated heterocycles. The Hall–Kier alpha value is -2.14. The van der Waals surface area contributed by atoms with Crippen molar-refractivity contribution >= 4 is 27.9 Å². The minimum atomic E-state index is 0.0779. The molecule has 5 heteroatoms. The molecule has 0 saturated carbocycles. The lowest BCUT2D eigenvalue weighted by atomic mass is 10.1. The Balaban J connectivity index is 1.96. The van der Waals surface area contributed by atoms with E-state index < -0.39 is 0 Å². The van der Waals surface area contributed by atoms with E-state index in [1.165, 1.54) is 4.88 Å². The number of thiazole rings is 1. The third kappa shape index (κ3) is 2.44. The fourth-order valence-corrected chi connectivity index (χ4v) is 2.89. The van der Waals surface area contributed by atoms with Crippen LogP contribution in [0.5, 0.6) is 5.75 Å². The number of nitrogens with one attached hydrogen (secondary N) is 1. The van der Waals surface area contributed by atoms with Gasteiger partial charge in [-0.15, -0.1) is 11.3 Å². The van der Waals surface area contributed by atoms with Gasteiger partial charge in [0.25, 0.3) is 0 Å². The van der Waals surface area contributed by atoms with Crippen LogP contribution in [0.1, 0.15) is 22.9 Å². The molecule has 0 radical (unpaired) electrons. The first kappa shape index (κ1) is 12.9. The first-order valence-corrected chi connectivity index (χ1v) is 7.22. The summed E-state index contributed by atoms with van der Waals surface area (Å²) in [4.78, 5) is 9.96. The lowest BCUT2D eigenvalue weighted by Crippen LogP contribution is -2.07. The number of anilines is 1. The van der Waals surface area contributed by atoms with Gasteiger partial charge in [-0.25, -0.2) is 9.97 Å². The summed E-state index contributed by atoms with van der Waals surface area (Å²) in [6.45, 7) is 4.10. The average Bonchev–Trinajstić information content (AvgIpc) is 2.86. The summed E-state index contributed by atoms with van der Waals surface area (Å²) in [7, 11) is 0. The summed E-state index contributed by atoms with van der Waals surface area (Å²) < 4.78 is 0. The molecule has 0 aliphatic carbocycles. The van der Waals surface area contributed by atoms with Crippen molar-refractivity contribution in [3.8, 4) is 5.75 Å². The van der Waals surface area contributed by atoms with Gasteiger partial charge in [0.1, 0.15) is 16.6 Å². The first-order chi connectivity index (χ1) is 9.63. The highest BCUT2D eigenvalue weighted by Crippen LogP contribution is 2.28. The van der Waals surface area contributed by atoms with Gasteiger partial charge in [-0.3, -0.25) is 0 Å². The Bertz CT molecular complexity index is 754. The molecule has 0 aliphatic heterocycles. The summed E-state index contributed by atoms with van der Waals surface area (Å²) in [6, 6.07) is 7.30. The second-order valence-electron chi connectivity index (χ2n) is 4.74. The van der Waals surface area contributed by atoms with Crippen molar-refractivity contribution in [1.82, 2.24) is 9.97 Å². The number of aryl methyl sites for hydroxylation is 1. The van der Waals surface area contributed by atoms with Crippen LogP contribution in [-0.4, -0.2) is 15.1 Å². The van der Waals surface area contributed by atoms with Gasteiger partial charge < -0.3 is 10.4 Å². The quantitative estimate of drug-likeness (QED) is 0.766. The summed E-state index contributed by atoms with van der Waals surface area (Å²) in [5.41, 5.74) is 0. The van der Waals surface area contributed by atoms with E-state index in [0.29, 0.717) is 0 Å². The largest absolute Gasteiger partial charge is 0.508 e. The monoisotopic (exact) mass is 285 g/mol. The zero-order chi connectivity index (χ0) is 14.1. The van der Waals surface area contributed by atoms with E-state index in [-0.39, 0.29) is 11.8 Å².